The molecule has 1 aromatic carbocycles. The first-order valence-electron chi connectivity index (χ1n) is 4.28. The first-order chi connectivity index (χ1) is 7.23. The number of hydrogen-bond acceptors (Lipinski definition) is 1. The molecule has 0 aromatic heterocycles. The summed E-state index contributed by atoms with van der Waals surface area (Å²) in [5, 5.41) is -0.971. The van der Waals surface area contributed by atoms with Gasteiger partial charge in [-0.3, -0.25) is 4.79 Å². The number of alkyl halides is 4. The zero-order chi connectivity index (χ0) is 12.5. The lowest BCUT2D eigenvalue weighted by molar-refractivity contribution is -0.138. The number of hydrogen-bond donors (Lipinski definition) is 0. The Morgan fingerprint density at radius 1 is 1.44 bits per heavy atom. The lowest BCUT2D eigenvalue weighted by Gasteiger charge is -2.13. The second-order valence-electron chi connectivity index (χ2n) is 3.17. The lowest BCUT2D eigenvalue weighted by Crippen LogP contribution is -2.18. The molecule has 0 amide bonds. The summed E-state index contributed by atoms with van der Waals surface area (Å²) in [5.74, 6) is -0.717. The van der Waals surface area contributed by atoms with Gasteiger partial charge in [0.2, 0.25) is 0 Å². The van der Waals surface area contributed by atoms with E-state index in [0.29, 0.717) is 3.57 Å². The number of carbonyl (C=O) groups excluding carboxylic acids is 1. The minimum absolute atomic E-state index is 0.379. The van der Waals surface area contributed by atoms with Gasteiger partial charge in [0.25, 0.3) is 0 Å². The maximum absolute atomic E-state index is 12.7. The SMILES string of the molecule is CC(Cl)C(=O)c1ccc(I)cc1C(F)(F)F. The van der Waals surface area contributed by atoms with E-state index in [-0.39, 0.29) is 5.56 Å². The minimum atomic E-state index is -4.54. The van der Waals surface area contributed by atoms with Crippen LogP contribution in [0, 0.1) is 3.57 Å². The van der Waals surface area contributed by atoms with Crippen LogP contribution in [0.1, 0.15) is 22.8 Å². The molecule has 1 unspecified atom stereocenters. The van der Waals surface area contributed by atoms with Crippen LogP contribution >= 0.6 is 34.2 Å². The summed E-state index contributed by atoms with van der Waals surface area (Å²) in [4.78, 5) is 11.5. The third-order valence-electron chi connectivity index (χ3n) is 1.91. The number of ketones is 1. The van der Waals surface area contributed by atoms with Gasteiger partial charge >= 0.3 is 6.18 Å². The Balaban J connectivity index is 3.34. The Morgan fingerprint density at radius 3 is 2.44 bits per heavy atom. The van der Waals surface area contributed by atoms with Gasteiger partial charge in [-0.25, -0.2) is 0 Å². The van der Waals surface area contributed by atoms with E-state index in [0.717, 1.165) is 12.1 Å². The van der Waals surface area contributed by atoms with Crippen LogP contribution in [-0.2, 0) is 6.18 Å². The van der Waals surface area contributed by atoms with Crippen LogP contribution in [0.4, 0.5) is 13.2 Å². The van der Waals surface area contributed by atoms with Gasteiger partial charge in [-0.05, 0) is 47.7 Å². The van der Waals surface area contributed by atoms with Gasteiger partial charge in [0.15, 0.2) is 5.78 Å². The highest BCUT2D eigenvalue weighted by Gasteiger charge is 2.35. The van der Waals surface area contributed by atoms with Crippen molar-refractivity contribution in [1.82, 2.24) is 0 Å². The molecule has 0 aliphatic rings. The first kappa shape index (κ1) is 13.8. The van der Waals surface area contributed by atoms with Crippen molar-refractivity contribution >= 4 is 40.0 Å². The van der Waals surface area contributed by atoms with Crippen LogP contribution in [-0.4, -0.2) is 11.2 Å². The van der Waals surface area contributed by atoms with E-state index >= 15 is 0 Å². The molecule has 16 heavy (non-hydrogen) atoms. The average molecular weight is 363 g/mol. The first-order valence-corrected chi connectivity index (χ1v) is 5.80. The van der Waals surface area contributed by atoms with Crippen LogP contribution < -0.4 is 0 Å². The fourth-order valence-electron chi connectivity index (χ4n) is 1.18. The fourth-order valence-corrected chi connectivity index (χ4v) is 1.79. The van der Waals surface area contributed by atoms with Crippen molar-refractivity contribution in [3.05, 3.63) is 32.9 Å². The van der Waals surface area contributed by atoms with Gasteiger partial charge in [0.1, 0.15) is 0 Å². The van der Waals surface area contributed by atoms with Gasteiger partial charge in [-0.2, -0.15) is 13.2 Å². The topological polar surface area (TPSA) is 17.1 Å². The number of Topliss-reactive ketones (excluding diaryl/α,β-unsaturated/α-hetero) is 1. The van der Waals surface area contributed by atoms with Crippen molar-refractivity contribution in [2.24, 2.45) is 0 Å². The molecule has 0 saturated carbocycles. The van der Waals surface area contributed by atoms with E-state index in [4.69, 9.17) is 11.6 Å². The number of carbonyl (C=O) groups is 1. The van der Waals surface area contributed by atoms with Crippen molar-refractivity contribution in [3.8, 4) is 0 Å². The minimum Gasteiger partial charge on any atom is -0.293 e. The van der Waals surface area contributed by atoms with Crippen molar-refractivity contribution < 1.29 is 18.0 Å². The van der Waals surface area contributed by atoms with Crippen molar-refractivity contribution in [2.75, 3.05) is 0 Å². The third-order valence-corrected chi connectivity index (χ3v) is 2.78. The number of halogens is 5. The molecule has 0 aliphatic heterocycles. The summed E-state index contributed by atoms with van der Waals surface area (Å²) in [6, 6.07) is 3.54. The Bertz CT molecular complexity index is 415. The van der Waals surface area contributed by atoms with E-state index < -0.39 is 22.9 Å². The molecule has 0 saturated heterocycles. The van der Waals surface area contributed by atoms with Gasteiger partial charge in [-0.1, -0.05) is 0 Å². The summed E-state index contributed by atoms with van der Waals surface area (Å²) >= 11 is 7.26. The molecular weight excluding hydrogens is 355 g/mol. The average Bonchev–Trinajstić information content (AvgIpc) is 2.15. The quantitative estimate of drug-likeness (QED) is 0.439. The molecule has 0 aliphatic carbocycles. The van der Waals surface area contributed by atoms with Crippen LogP contribution in [0.15, 0.2) is 18.2 Å². The molecule has 0 spiro atoms. The largest absolute Gasteiger partial charge is 0.417 e. The second kappa shape index (κ2) is 4.91. The molecule has 1 rings (SSSR count). The highest BCUT2D eigenvalue weighted by Crippen LogP contribution is 2.33. The Labute approximate surface area is 109 Å². The third kappa shape index (κ3) is 3.10. The summed E-state index contributed by atoms with van der Waals surface area (Å²) in [5.41, 5.74) is -1.31. The highest BCUT2D eigenvalue weighted by atomic mass is 127. The maximum atomic E-state index is 12.7. The standard InChI is InChI=1S/C10H7ClF3IO/c1-5(11)9(16)7-3-2-6(15)4-8(7)10(12,13)14/h2-5H,1H3. The molecule has 0 fully saturated rings. The molecule has 0 N–H and O–H groups in total. The molecule has 0 bridgehead atoms. The van der Waals surface area contributed by atoms with E-state index in [1.807, 2.05) is 0 Å². The summed E-state index contributed by atoms with van der Waals surface area (Å²) in [6.07, 6.45) is -4.54. The predicted molar refractivity (Wildman–Crippen MR) is 63.8 cm³/mol. The van der Waals surface area contributed by atoms with Crippen molar-refractivity contribution in [2.45, 2.75) is 18.5 Å². The van der Waals surface area contributed by atoms with E-state index in [2.05, 4.69) is 0 Å². The summed E-state index contributed by atoms with van der Waals surface area (Å²) < 4.78 is 38.4. The van der Waals surface area contributed by atoms with Crippen LogP contribution in [0.3, 0.4) is 0 Å². The van der Waals surface area contributed by atoms with Crippen LogP contribution in [0.25, 0.3) is 0 Å². The van der Waals surface area contributed by atoms with Gasteiger partial charge in [0.05, 0.1) is 10.9 Å². The number of rotatable bonds is 2. The van der Waals surface area contributed by atoms with Crippen LogP contribution in [0.2, 0.25) is 0 Å². The van der Waals surface area contributed by atoms with E-state index in [1.54, 1.807) is 22.6 Å². The monoisotopic (exact) mass is 362 g/mol. The molecular formula is C10H7ClF3IO. The molecule has 1 atom stereocenters. The van der Waals surface area contributed by atoms with Gasteiger partial charge in [-0.15, -0.1) is 11.6 Å². The lowest BCUT2D eigenvalue weighted by atomic mass is 10.0. The summed E-state index contributed by atoms with van der Waals surface area (Å²) in [7, 11) is 0. The second-order valence-corrected chi connectivity index (χ2v) is 5.07. The van der Waals surface area contributed by atoms with Gasteiger partial charge in [0, 0.05) is 9.13 Å². The maximum Gasteiger partial charge on any atom is 0.417 e. The van der Waals surface area contributed by atoms with E-state index in [1.165, 1.54) is 13.0 Å². The Kier molecular flexibility index (Phi) is 4.23. The smallest absolute Gasteiger partial charge is 0.293 e. The highest BCUT2D eigenvalue weighted by molar-refractivity contribution is 14.1. The molecule has 1 nitrogen and oxygen atoms in total. The fraction of sp³-hybridized carbons (Fsp3) is 0.300. The number of benzene rings is 1. The normalized spacial score (nSPS) is 13.6. The van der Waals surface area contributed by atoms with E-state index in [9.17, 15) is 18.0 Å². The Hall–Kier alpha value is -0.300. The molecule has 6 heteroatoms. The molecule has 1 aromatic rings. The zero-order valence-corrected chi connectivity index (χ0v) is 11.0. The van der Waals surface area contributed by atoms with Crippen molar-refractivity contribution in [1.29, 1.82) is 0 Å². The zero-order valence-electron chi connectivity index (χ0n) is 8.11. The molecule has 0 radical (unpaired) electrons. The van der Waals surface area contributed by atoms with Crippen molar-refractivity contribution in [3.63, 3.8) is 0 Å². The van der Waals surface area contributed by atoms with Gasteiger partial charge < -0.3 is 0 Å². The molecule has 0 heterocycles. The Morgan fingerprint density at radius 2 is 2.00 bits per heavy atom. The van der Waals surface area contributed by atoms with Crippen LogP contribution in [0.5, 0.6) is 0 Å². The predicted octanol–water partition coefficient (Wildman–Crippen LogP) is 4.12. The molecule has 88 valence electrons. The summed E-state index contributed by atoms with van der Waals surface area (Å²) in [6.45, 7) is 1.35.